The fourth-order valence-electron chi connectivity index (χ4n) is 2.31. The van der Waals surface area contributed by atoms with Gasteiger partial charge >= 0.3 is 0 Å². The Labute approximate surface area is 138 Å². The number of hydrogen-bond acceptors (Lipinski definition) is 4. The molecule has 0 amide bonds. The molecule has 0 radical (unpaired) electrons. The number of pyridine rings is 2. The predicted molar refractivity (Wildman–Crippen MR) is 95.3 cm³/mol. The van der Waals surface area contributed by atoms with E-state index in [4.69, 9.17) is 0 Å². The molecule has 0 unspecified atom stereocenters. The fourth-order valence-corrected chi connectivity index (χ4v) is 2.99. The number of nitrogens with zero attached hydrogens (tertiary/aromatic N) is 3. The van der Waals surface area contributed by atoms with Crippen LogP contribution < -0.4 is 0 Å². The van der Waals surface area contributed by atoms with Crippen LogP contribution in [0, 0.1) is 0 Å². The van der Waals surface area contributed by atoms with Gasteiger partial charge in [0, 0.05) is 62.0 Å². The standard InChI is InChI=1S/C18H25N3S/c1-2-22-16-15-21(13-9-17-7-3-5-11-19-17)14-10-18-8-4-6-12-20-18/h3-8,11-12H,2,9-10,13-16H2,1H3. The topological polar surface area (TPSA) is 29.0 Å². The van der Waals surface area contributed by atoms with E-state index in [0.29, 0.717) is 0 Å². The molecule has 0 spiro atoms. The molecule has 2 aromatic rings. The molecule has 2 heterocycles. The lowest BCUT2D eigenvalue weighted by molar-refractivity contribution is 0.296. The second kappa shape index (κ2) is 10.4. The monoisotopic (exact) mass is 315 g/mol. The van der Waals surface area contributed by atoms with Crippen molar-refractivity contribution >= 4 is 11.8 Å². The van der Waals surface area contributed by atoms with Gasteiger partial charge in [0.05, 0.1) is 0 Å². The summed E-state index contributed by atoms with van der Waals surface area (Å²) >= 11 is 2.01. The van der Waals surface area contributed by atoms with Crippen molar-refractivity contribution in [3.63, 3.8) is 0 Å². The van der Waals surface area contributed by atoms with E-state index in [-0.39, 0.29) is 0 Å². The SMILES string of the molecule is CCSCCN(CCc1ccccn1)CCc1ccccn1. The van der Waals surface area contributed by atoms with Crippen LogP contribution in [0.3, 0.4) is 0 Å². The summed E-state index contributed by atoms with van der Waals surface area (Å²) in [7, 11) is 0. The highest BCUT2D eigenvalue weighted by Gasteiger charge is 2.06. The van der Waals surface area contributed by atoms with E-state index in [1.54, 1.807) is 0 Å². The van der Waals surface area contributed by atoms with Crippen LogP contribution in [0.5, 0.6) is 0 Å². The third-order valence-electron chi connectivity index (χ3n) is 3.58. The van der Waals surface area contributed by atoms with E-state index in [0.717, 1.165) is 32.5 Å². The molecule has 0 saturated heterocycles. The maximum atomic E-state index is 4.42. The van der Waals surface area contributed by atoms with E-state index >= 15 is 0 Å². The lowest BCUT2D eigenvalue weighted by atomic mass is 10.2. The minimum atomic E-state index is 1.01. The van der Waals surface area contributed by atoms with Crippen molar-refractivity contribution in [2.24, 2.45) is 0 Å². The molecular weight excluding hydrogens is 290 g/mol. The van der Waals surface area contributed by atoms with Crippen molar-refractivity contribution in [2.45, 2.75) is 19.8 Å². The number of rotatable bonds is 10. The quantitative estimate of drug-likeness (QED) is 0.629. The Kier molecular flexibility index (Phi) is 7.99. The highest BCUT2D eigenvalue weighted by molar-refractivity contribution is 7.99. The molecule has 0 aliphatic carbocycles. The van der Waals surface area contributed by atoms with E-state index in [1.165, 1.54) is 22.9 Å². The third kappa shape index (κ3) is 6.58. The Morgan fingerprint density at radius 3 is 1.91 bits per heavy atom. The smallest absolute Gasteiger partial charge is 0.0416 e. The molecule has 3 nitrogen and oxygen atoms in total. The summed E-state index contributed by atoms with van der Waals surface area (Å²) in [6.45, 7) is 5.48. The molecule has 2 aromatic heterocycles. The van der Waals surface area contributed by atoms with Crippen LogP contribution in [0.15, 0.2) is 48.8 Å². The van der Waals surface area contributed by atoms with Crippen molar-refractivity contribution in [3.8, 4) is 0 Å². The molecule has 0 atom stereocenters. The average Bonchev–Trinajstić information content (AvgIpc) is 2.59. The van der Waals surface area contributed by atoms with Gasteiger partial charge in [-0.15, -0.1) is 0 Å². The molecule has 0 aliphatic rings. The maximum absolute atomic E-state index is 4.42. The van der Waals surface area contributed by atoms with Crippen molar-refractivity contribution in [1.29, 1.82) is 0 Å². The van der Waals surface area contributed by atoms with Crippen LogP contribution >= 0.6 is 11.8 Å². The molecule has 0 saturated carbocycles. The largest absolute Gasteiger partial charge is 0.302 e. The molecular formula is C18H25N3S. The highest BCUT2D eigenvalue weighted by Crippen LogP contribution is 2.04. The molecule has 0 bridgehead atoms. The molecule has 0 aliphatic heterocycles. The number of hydrogen-bond donors (Lipinski definition) is 0. The second-order valence-electron chi connectivity index (χ2n) is 5.18. The molecule has 0 aromatic carbocycles. The van der Waals surface area contributed by atoms with Gasteiger partial charge in [-0.25, -0.2) is 0 Å². The van der Waals surface area contributed by atoms with Crippen LogP contribution in [-0.2, 0) is 12.8 Å². The Morgan fingerprint density at radius 1 is 0.864 bits per heavy atom. The van der Waals surface area contributed by atoms with Crippen molar-refractivity contribution in [1.82, 2.24) is 14.9 Å². The Balaban J connectivity index is 1.82. The zero-order valence-corrected chi connectivity index (χ0v) is 14.1. The summed E-state index contributed by atoms with van der Waals surface area (Å²) in [5.41, 5.74) is 2.35. The molecule has 22 heavy (non-hydrogen) atoms. The predicted octanol–water partition coefficient (Wildman–Crippen LogP) is 3.32. The highest BCUT2D eigenvalue weighted by atomic mass is 32.2. The third-order valence-corrected chi connectivity index (χ3v) is 4.46. The number of aromatic nitrogens is 2. The summed E-state index contributed by atoms with van der Waals surface area (Å²) in [5.74, 6) is 2.38. The van der Waals surface area contributed by atoms with E-state index in [9.17, 15) is 0 Å². The van der Waals surface area contributed by atoms with E-state index in [1.807, 2.05) is 36.3 Å². The zero-order chi connectivity index (χ0) is 15.5. The molecule has 0 fully saturated rings. The van der Waals surface area contributed by atoms with E-state index < -0.39 is 0 Å². The lowest BCUT2D eigenvalue weighted by Gasteiger charge is -2.21. The van der Waals surface area contributed by atoms with Gasteiger partial charge < -0.3 is 4.90 Å². The van der Waals surface area contributed by atoms with Crippen LogP contribution in [0.1, 0.15) is 18.3 Å². The van der Waals surface area contributed by atoms with Crippen molar-refractivity contribution in [2.75, 3.05) is 31.1 Å². The van der Waals surface area contributed by atoms with Crippen molar-refractivity contribution < 1.29 is 0 Å². The van der Waals surface area contributed by atoms with Gasteiger partial charge in [0.25, 0.3) is 0 Å². The maximum Gasteiger partial charge on any atom is 0.0416 e. The van der Waals surface area contributed by atoms with Gasteiger partial charge in [-0.05, 0) is 30.0 Å². The van der Waals surface area contributed by atoms with Gasteiger partial charge in [0.15, 0.2) is 0 Å². The Morgan fingerprint density at radius 2 is 1.45 bits per heavy atom. The summed E-state index contributed by atoms with van der Waals surface area (Å²) < 4.78 is 0. The summed E-state index contributed by atoms with van der Waals surface area (Å²) in [6.07, 6.45) is 5.78. The first-order valence-electron chi connectivity index (χ1n) is 7.98. The van der Waals surface area contributed by atoms with E-state index in [2.05, 4.69) is 46.1 Å². The minimum Gasteiger partial charge on any atom is -0.302 e. The van der Waals surface area contributed by atoms with Crippen LogP contribution in [0.25, 0.3) is 0 Å². The summed E-state index contributed by atoms with van der Waals surface area (Å²) in [5, 5.41) is 0. The molecule has 0 N–H and O–H groups in total. The summed E-state index contributed by atoms with van der Waals surface area (Å²) in [4.78, 5) is 11.4. The van der Waals surface area contributed by atoms with Crippen LogP contribution in [0.2, 0.25) is 0 Å². The molecule has 4 heteroatoms. The molecule has 2 rings (SSSR count). The van der Waals surface area contributed by atoms with Gasteiger partial charge in [-0.2, -0.15) is 11.8 Å². The van der Waals surface area contributed by atoms with Crippen LogP contribution in [-0.4, -0.2) is 46.0 Å². The Hall–Kier alpha value is -1.39. The van der Waals surface area contributed by atoms with Gasteiger partial charge in [-0.1, -0.05) is 19.1 Å². The van der Waals surface area contributed by atoms with Crippen molar-refractivity contribution in [3.05, 3.63) is 60.2 Å². The lowest BCUT2D eigenvalue weighted by Crippen LogP contribution is -2.31. The number of thioether (sulfide) groups is 1. The zero-order valence-electron chi connectivity index (χ0n) is 13.3. The second-order valence-corrected chi connectivity index (χ2v) is 6.57. The normalized spacial score (nSPS) is 11.0. The van der Waals surface area contributed by atoms with Gasteiger partial charge in [-0.3, -0.25) is 9.97 Å². The average molecular weight is 315 g/mol. The Bertz CT molecular complexity index is 461. The minimum absolute atomic E-state index is 1.01. The summed E-state index contributed by atoms with van der Waals surface area (Å²) in [6, 6.07) is 12.3. The van der Waals surface area contributed by atoms with Crippen LogP contribution in [0.4, 0.5) is 0 Å². The first-order chi connectivity index (χ1) is 10.9. The van der Waals surface area contributed by atoms with Gasteiger partial charge in [0.1, 0.15) is 0 Å². The first-order valence-corrected chi connectivity index (χ1v) is 9.14. The molecule has 118 valence electrons. The van der Waals surface area contributed by atoms with Gasteiger partial charge in [0.2, 0.25) is 0 Å². The fraction of sp³-hybridized carbons (Fsp3) is 0.444. The first kappa shape index (κ1) is 17.0.